The molecule has 1 aromatic carbocycles. The minimum atomic E-state index is -0.0409. The molecule has 1 aromatic rings. The minimum Gasteiger partial charge on any atom is -0.349 e. The van der Waals surface area contributed by atoms with E-state index in [0.29, 0.717) is 16.5 Å². The molecule has 1 amide bonds. The molecule has 0 spiro atoms. The monoisotopic (exact) mass is 277 g/mol. The van der Waals surface area contributed by atoms with Gasteiger partial charge in [-0.1, -0.05) is 30.2 Å². The summed E-state index contributed by atoms with van der Waals surface area (Å²) in [5.41, 5.74) is 0.583. The Labute approximate surface area is 119 Å². The van der Waals surface area contributed by atoms with Crippen molar-refractivity contribution in [3.8, 4) is 0 Å². The predicted octanol–water partition coefficient (Wildman–Crippen LogP) is 3.89. The molecule has 0 aliphatic heterocycles. The van der Waals surface area contributed by atoms with E-state index < -0.39 is 0 Å². The average molecular weight is 278 g/mol. The van der Waals surface area contributed by atoms with Crippen molar-refractivity contribution in [2.45, 2.75) is 38.6 Å². The molecule has 0 saturated heterocycles. The summed E-state index contributed by atoms with van der Waals surface area (Å²) in [5.74, 6) is 2.35. The Morgan fingerprint density at radius 2 is 2.11 bits per heavy atom. The second-order valence-corrected chi connectivity index (χ2v) is 6.49. The molecule has 0 radical (unpaired) electrons. The number of amides is 1. The van der Waals surface area contributed by atoms with Crippen LogP contribution >= 0.6 is 11.6 Å². The van der Waals surface area contributed by atoms with Gasteiger partial charge in [0.15, 0.2) is 0 Å². The second kappa shape index (κ2) is 5.16. The molecule has 0 heterocycles. The third-order valence-electron chi connectivity index (χ3n) is 4.91. The summed E-state index contributed by atoms with van der Waals surface area (Å²) in [5, 5.41) is 3.67. The second-order valence-electron chi connectivity index (χ2n) is 6.08. The molecule has 3 heteroatoms. The number of benzene rings is 1. The smallest absolute Gasteiger partial charge is 0.253 e. The van der Waals surface area contributed by atoms with Gasteiger partial charge in [-0.3, -0.25) is 4.79 Å². The zero-order valence-electron chi connectivity index (χ0n) is 11.2. The number of nitrogens with one attached hydrogen (secondary N) is 1. The highest BCUT2D eigenvalue weighted by Crippen LogP contribution is 2.49. The maximum absolute atomic E-state index is 12.2. The van der Waals surface area contributed by atoms with Crippen molar-refractivity contribution in [1.82, 2.24) is 5.32 Å². The van der Waals surface area contributed by atoms with Crippen molar-refractivity contribution in [2.75, 3.05) is 0 Å². The summed E-state index contributed by atoms with van der Waals surface area (Å²) in [6.45, 7) is 2.14. The van der Waals surface area contributed by atoms with Crippen molar-refractivity contribution in [2.24, 2.45) is 17.8 Å². The molecular formula is C16H20ClNO. The van der Waals surface area contributed by atoms with E-state index in [9.17, 15) is 4.79 Å². The van der Waals surface area contributed by atoms with E-state index in [-0.39, 0.29) is 11.9 Å². The highest BCUT2D eigenvalue weighted by Gasteiger charge is 2.42. The summed E-state index contributed by atoms with van der Waals surface area (Å²) < 4.78 is 0. The Bertz CT molecular complexity index is 487. The van der Waals surface area contributed by atoms with Crippen molar-refractivity contribution >= 4 is 17.5 Å². The van der Waals surface area contributed by atoms with Gasteiger partial charge in [-0.2, -0.15) is 0 Å². The van der Waals surface area contributed by atoms with Crippen molar-refractivity contribution in [3.05, 3.63) is 34.9 Å². The summed E-state index contributed by atoms with van der Waals surface area (Å²) in [4.78, 5) is 12.2. The maximum atomic E-state index is 12.2. The lowest BCUT2D eigenvalue weighted by Crippen LogP contribution is -2.40. The number of halogens is 1. The van der Waals surface area contributed by atoms with Crippen LogP contribution in [0.1, 0.15) is 43.0 Å². The van der Waals surface area contributed by atoms with E-state index in [1.165, 1.54) is 25.7 Å². The third-order valence-corrected chi connectivity index (χ3v) is 5.24. The molecule has 2 aliphatic rings. The molecule has 0 unspecified atom stereocenters. The fraction of sp³-hybridized carbons (Fsp3) is 0.562. The van der Waals surface area contributed by atoms with E-state index in [2.05, 4.69) is 12.2 Å². The Hall–Kier alpha value is -1.02. The van der Waals surface area contributed by atoms with E-state index in [1.807, 2.05) is 12.1 Å². The number of hydrogen-bond donors (Lipinski definition) is 1. The van der Waals surface area contributed by atoms with Crippen molar-refractivity contribution in [1.29, 1.82) is 0 Å². The van der Waals surface area contributed by atoms with Crippen LogP contribution < -0.4 is 5.32 Å². The van der Waals surface area contributed by atoms with Gasteiger partial charge >= 0.3 is 0 Å². The molecule has 102 valence electrons. The summed E-state index contributed by atoms with van der Waals surface area (Å²) in [6.07, 6.45) is 5.40. The zero-order chi connectivity index (χ0) is 13.4. The molecule has 2 nitrogen and oxygen atoms in total. The van der Waals surface area contributed by atoms with Gasteiger partial charge in [0.05, 0.1) is 10.6 Å². The minimum absolute atomic E-state index is 0.0409. The van der Waals surface area contributed by atoms with Gasteiger partial charge in [0.25, 0.3) is 5.91 Å². The standard InChI is InChI=1S/C16H20ClNO/c1-10(14-9-11-6-7-12(14)8-11)18-16(19)13-4-2-3-5-15(13)17/h2-5,10-12,14H,6-9H2,1H3,(H,18,19)/t10-,11-,12-,14+/m0/s1. The fourth-order valence-electron chi connectivity index (χ4n) is 3.94. The number of fused-ring (bicyclic) bond motifs is 2. The van der Waals surface area contributed by atoms with Gasteiger partial charge in [0.2, 0.25) is 0 Å². The van der Waals surface area contributed by atoms with E-state index in [4.69, 9.17) is 11.6 Å². The first-order chi connectivity index (χ1) is 9.15. The molecule has 0 aromatic heterocycles. The van der Waals surface area contributed by atoms with Crippen LogP contribution in [0.3, 0.4) is 0 Å². The van der Waals surface area contributed by atoms with Crippen LogP contribution in [0.15, 0.2) is 24.3 Å². The Morgan fingerprint density at radius 1 is 1.32 bits per heavy atom. The first-order valence-corrected chi connectivity index (χ1v) is 7.58. The molecule has 3 rings (SSSR count). The highest BCUT2D eigenvalue weighted by molar-refractivity contribution is 6.33. The van der Waals surface area contributed by atoms with Crippen LogP contribution in [-0.2, 0) is 0 Å². The largest absolute Gasteiger partial charge is 0.349 e. The van der Waals surface area contributed by atoms with Crippen molar-refractivity contribution in [3.63, 3.8) is 0 Å². The van der Waals surface area contributed by atoms with Gasteiger partial charge in [-0.15, -0.1) is 0 Å². The average Bonchev–Trinajstić information content (AvgIpc) is 3.01. The Balaban J connectivity index is 1.65. The number of rotatable bonds is 3. The van der Waals surface area contributed by atoms with E-state index in [0.717, 1.165) is 11.8 Å². The number of carbonyl (C=O) groups excluding carboxylic acids is 1. The first kappa shape index (κ1) is 13.0. The van der Waals surface area contributed by atoms with Crippen LogP contribution in [0.4, 0.5) is 0 Å². The molecule has 4 atom stereocenters. The SMILES string of the molecule is C[C@H](NC(=O)c1ccccc1Cl)[C@H]1C[C@H]2CC[C@H]1C2. The van der Waals surface area contributed by atoms with Gasteiger partial charge in [-0.05, 0) is 56.1 Å². The predicted molar refractivity (Wildman–Crippen MR) is 77.3 cm³/mol. The van der Waals surface area contributed by atoms with E-state index >= 15 is 0 Å². The van der Waals surface area contributed by atoms with Gasteiger partial charge in [0, 0.05) is 6.04 Å². The number of hydrogen-bond acceptors (Lipinski definition) is 1. The molecule has 1 N–H and O–H groups in total. The van der Waals surface area contributed by atoms with Crippen LogP contribution in [0.5, 0.6) is 0 Å². The molecule has 2 aliphatic carbocycles. The molecule has 19 heavy (non-hydrogen) atoms. The Kier molecular flexibility index (Phi) is 3.53. The van der Waals surface area contributed by atoms with Crippen molar-refractivity contribution < 1.29 is 4.79 Å². The lowest BCUT2D eigenvalue weighted by atomic mass is 9.84. The zero-order valence-corrected chi connectivity index (χ0v) is 12.0. The topological polar surface area (TPSA) is 29.1 Å². The van der Waals surface area contributed by atoms with Gasteiger partial charge in [0.1, 0.15) is 0 Å². The maximum Gasteiger partial charge on any atom is 0.253 e. The number of carbonyl (C=O) groups is 1. The molecule has 2 fully saturated rings. The van der Waals surface area contributed by atoms with Crippen LogP contribution in [0, 0.1) is 17.8 Å². The Morgan fingerprint density at radius 3 is 2.74 bits per heavy atom. The van der Waals surface area contributed by atoms with Crippen LogP contribution in [-0.4, -0.2) is 11.9 Å². The molecule has 2 bridgehead atoms. The van der Waals surface area contributed by atoms with Gasteiger partial charge < -0.3 is 5.32 Å². The molecular weight excluding hydrogens is 258 g/mol. The highest BCUT2D eigenvalue weighted by atomic mass is 35.5. The van der Waals surface area contributed by atoms with E-state index in [1.54, 1.807) is 12.1 Å². The third kappa shape index (κ3) is 2.51. The summed E-state index contributed by atoms with van der Waals surface area (Å²) in [6, 6.07) is 7.49. The fourth-order valence-corrected chi connectivity index (χ4v) is 4.16. The summed E-state index contributed by atoms with van der Waals surface area (Å²) in [7, 11) is 0. The van der Waals surface area contributed by atoms with Crippen LogP contribution in [0.2, 0.25) is 5.02 Å². The van der Waals surface area contributed by atoms with Crippen LogP contribution in [0.25, 0.3) is 0 Å². The summed E-state index contributed by atoms with van der Waals surface area (Å²) >= 11 is 6.06. The quantitative estimate of drug-likeness (QED) is 0.892. The first-order valence-electron chi connectivity index (χ1n) is 7.20. The normalized spacial score (nSPS) is 30.3. The lowest BCUT2D eigenvalue weighted by molar-refractivity contribution is 0.0915. The lowest BCUT2D eigenvalue weighted by Gasteiger charge is -2.28. The molecule has 2 saturated carbocycles. The van der Waals surface area contributed by atoms with Gasteiger partial charge in [-0.25, -0.2) is 0 Å².